The fourth-order valence-electron chi connectivity index (χ4n) is 5.56. The smallest absolute Gasteiger partial charge is 0.326 e. The van der Waals surface area contributed by atoms with Gasteiger partial charge in [-0.15, -0.1) is 0 Å². The molecule has 1 aromatic carbocycles. The van der Waals surface area contributed by atoms with Crippen molar-refractivity contribution >= 4 is 53.1 Å². The van der Waals surface area contributed by atoms with Crippen LogP contribution in [0.25, 0.3) is 0 Å². The van der Waals surface area contributed by atoms with Gasteiger partial charge in [0.15, 0.2) is 0 Å². The van der Waals surface area contributed by atoms with E-state index in [-0.39, 0.29) is 78.8 Å². The SMILES string of the molecule is CCC1CC(=O)N(CCCCCC(=O)N[C@H](C(=O)N[C@@H](CCCNC(N)=O)C(=O)Nc2ccc(C(=O)N(C)[C@@H](C)C(=O)O)cc2OC)C(C)C)C1=O. The van der Waals surface area contributed by atoms with Gasteiger partial charge >= 0.3 is 12.0 Å². The van der Waals surface area contributed by atoms with Crippen molar-refractivity contribution < 1.29 is 48.2 Å². The third-order valence-corrected chi connectivity index (χ3v) is 8.95. The fraction of sp³-hybridized carbons (Fsp3) is 0.600. The number of nitrogens with zero attached hydrogens (tertiary/aromatic N) is 2. The number of unbranched alkanes of at least 4 members (excludes halogenated alkanes) is 2. The van der Waals surface area contributed by atoms with E-state index in [1.165, 1.54) is 44.2 Å². The van der Waals surface area contributed by atoms with E-state index in [9.17, 15) is 43.5 Å². The highest BCUT2D eigenvalue weighted by Crippen LogP contribution is 2.27. The molecule has 288 valence electrons. The van der Waals surface area contributed by atoms with E-state index in [2.05, 4.69) is 21.3 Å². The van der Waals surface area contributed by atoms with Gasteiger partial charge in [0.05, 0.1) is 12.8 Å². The second kappa shape index (κ2) is 20.6. The molecule has 17 heteroatoms. The number of ether oxygens (including phenoxy) is 1. The van der Waals surface area contributed by atoms with Gasteiger partial charge < -0.3 is 41.7 Å². The molecule has 8 amide bonds. The minimum absolute atomic E-state index is 0.0778. The highest BCUT2D eigenvalue weighted by molar-refractivity contribution is 6.03. The van der Waals surface area contributed by atoms with Gasteiger partial charge in [-0.3, -0.25) is 33.7 Å². The molecule has 0 spiro atoms. The second-order valence-electron chi connectivity index (χ2n) is 13.1. The molecule has 1 aliphatic rings. The van der Waals surface area contributed by atoms with E-state index in [0.29, 0.717) is 32.2 Å². The number of hydrogen-bond acceptors (Lipinski definition) is 9. The molecule has 0 aromatic heterocycles. The fourth-order valence-corrected chi connectivity index (χ4v) is 5.56. The van der Waals surface area contributed by atoms with Crippen molar-refractivity contribution in [1.82, 2.24) is 25.8 Å². The number of benzene rings is 1. The summed E-state index contributed by atoms with van der Waals surface area (Å²) in [7, 11) is 2.67. The molecule has 1 fully saturated rings. The van der Waals surface area contributed by atoms with Crippen molar-refractivity contribution in [3.05, 3.63) is 23.8 Å². The molecule has 1 heterocycles. The van der Waals surface area contributed by atoms with Crippen LogP contribution < -0.4 is 31.7 Å². The third kappa shape index (κ3) is 12.5. The number of hydrogen-bond donors (Lipinski definition) is 6. The summed E-state index contributed by atoms with van der Waals surface area (Å²) in [6.45, 7) is 7.16. The van der Waals surface area contributed by atoms with Crippen molar-refractivity contribution in [2.24, 2.45) is 17.6 Å². The number of carboxylic acid groups (broad SMARTS) is 1. The van der Waals surface area contributed by atoms with Gasteiger partial charge in [0.25, 0.3) is 5.91 Å². The van der Waals surface area contributed by atoms with Crippen LogP contribution in [0, 0.1) is 11.8 Å². The lowest BCUT2D eigenvalue weighted by Crippen LogP contribution is -2.54. The van der Waals surface area contributed by atoms with Crippen LogP contribution in [0.15, 0.2) is 18.2 Å². The zero-order chi connectivity index (χ0) is 39.1. The van der Waals surface area contributed by atoms with Gasteiger partial charge in [0, 0.05) is 44.5 Å². The Morgan fingerprint density at radius 1 is 1.02 bits per heavy atom. The quantitative estimate of drug-likeness (QED) is 0.0787. The number of urea groups is 1. The number of carbonyl (C=O) groups is 8. The molecule has 1 aromatic rings. The lowest BCUT2D eigenvalue weighted by atomic mass is 10.0. The topological polar surface area (TPSA) is 247 Å². The van der Waals surface area contributed by atoms with Crippen LogP contribution in [0.1, 0.15) is 89.4 Å². The standard InChI is InChI=1S/C35H53N7O10/c1-7-22-19-28(44)42(33(22)48)17-10-8-9-13-27(43)40-29(20(2)3)31(46)39-25(12-11-16-37-35(36)51)30(45)38-24-15-14-23(18-26(24)52-6)32(47)41(5)21(4)34(49)50/h14-15,18,20-22,25,29H,7-13,16-17,19H2,1-6H3,(H,38,45)(H,39,46)(H,40,43)(H,49,50)(H3,36,37,51)/t21-,22?,25-,29-/m0/s1. The first-order valence-electron chi connectivity index (χ1n) is 17.5. The van der Waals surface area contributed by atoms with E-state index < -0.39 is 47.8 Å². The van der Waals surface area contributed by atoms with Crippen molar-refractivity contribution in [2.75, 3.05) is 32.6 Å². The Balaban J connectivity index is 2.08. The summed E-state index contributed by atoms with van der Waals surface area (Å²) in [5.41, 5.74) is 5.44. The van der Waals surface area contributed by atoms with E-state index >= 15 is 0 Å². The van der Waals surface area contributed by atoms with Crippen LogP contribution in [-0.4, -0.2) is 108 Å². The minimum Gasteiger partial charge on any atom is -0.495 e. The molecule has 0 radical (unpaired) electrons. The highest BCUT2D eigenvalue weighted by Gasteiger charge is 2.36. The second-order valence-corrected chi connectivity index (χ2v) is 13.1. The molecule has 1 saturated heterocycles. The van der Waals surface area contributed by atoms with E-state index in [1.54, 1.807) is 13.8 Å². The first kappa shape index (κ1) is 42.9. The Morgan fingerprint density at radius 2 is 1.71 bits per heavy atom. The van der Waals surface area contributed by atoms with Crippen molar-refractivity contribution in [3.8, 4) is 5.75 Å². The Hall–Kier alpha value is -5.22. The van der Waals surface area contributed by atoms with Gasteiger partial charge in [-0.05, 0) is 63.1 Å². The summed E-state index contributed by atoms with van der Waals surface area (Å²) in [6, 6.07) is 0.207. The normalized spacial score (nSPS) is 15.8. The number of nitrogens with one attached hydrogen (secondary N) is 4. The first-order chi connectivity index (χ1) is 24.5. The number of anilines is 1. The maximum absolute atomic E-state index is 13.6. The molecule has 4 atom stereocenters. The number of primary amides is 1. The summed E-state index contributed by atoms with van der Waals surface area (Å²) in [5.74, 6) is -4.21. The average Bonchev–Trinajstić information content (AvgIpc) is 3.38. The molecule has 7 N–H and O–H groups in total. The van der Waals surface area contributed by atoms with E-state index in [0.717, 1.165) is 4.90 Å². The molecular weight excluding hydrogens is 678 g/mol. The zero-order valence-corrected chi connectivity index (χ0v) is 30.8. The van der Waals surface area contributed by atoms with Crippen LogP contribution in [-0.2, 0) is 28.8 Å². The molecule has 1 unspecified atom stereocenters. The van der Waals surface area contributed by atoms with Crippen LogP contribution in [0.4, 0.5) is 10.5 Å². The number of carbonyl (C=O) groups excluding carboxylic acids is 7. The molecule has 0 bridgehead atoms. The third-order valence-electron chi connectivity index (χ3n) is 8.95. The van der Waals surface area contributed by atoms with Crippen molar-refractivity contribution in [3.63, 3.8) is 0 Å². The summed E-state index contributed by atoms with van der Waals surface area (Å²) < 4.78 is 5.39. The first-order valence-corrected chi connectivity index (χ1v) is 17.5. The van der Waals surface area contributed by atoms with Crippen molar-refractivity contribution in [1.29, 1.82) is 0 Å². The number of amides is 8. The molecular formula is C35H53N7O10. The minimum atomic E-state index is -1.18. The Labute approximate surface area is 303 Å². The van der Waals surface area contributed by atoms with Gasteiger partial charge in [0.2, 0.25) is 29.5 Å². The van der Waals surface area contributed by atoms with Gasteiger partial charge in [-0.25, -0.2) is 9.59 Å². The summed E-state index contributed by atoms with van der Waals surface area (Å²) in [6.07, 6.45) is 2.93. The number of aliphatic carboxylic acids is 1. The predicted octanol–water partition coefficient (Wildman–Crippen LogP) is 1.60. The number of rotatable bonds is 21. The van der Waals surface area contributed by atoms with Crippen LogP contribution in [0.2, 0.25) is 0 Å². The maximum atomic E-state index is 13.6. The number of nitrogens with two attached hydrogens (primary N) is 1. The lowest BCUT2D eigenvalue weighted by Gasteiger charge is -2.26. The molecule has 52 heavy (non-hydrogen) atoms. The summed E-state index contributed by atoms with van der Waals surface area (Å²) >= 11 is 0. The molecule has 17 nitrogen and oxygen atoms in total. The van der Waals surface area contributed by atoms with Gasteiger partial charge in [0.1, 0.15) is 23.9 Å². The van der Waals surface area contributed by atoms with E-state index in [1.807, 2.05) is 6.92 Å². The number of likely N-dealkylation sites (N-methyl/N-ethyl adjacent to an activating group) is 1. The Morgan fingerprint density at radius 3 is 2.29 bits per heavy atom. The van der Waals surface area contributed by atoms with Crippen LogP contribution >= 0.6 is 0 Å². The monoisotopic (exact) mass is 731 g/mol. The van der Waals surface area contributed by atoms with Gasteiger partial charge in [-0.2, -0.15) is 0 Å². The Bertz CT molecular complexity index is 1480. The molecule has 2 rings (SSSR count). The van der Waals surface area contributed by atoms with Crippen molar-refractivity contribution in [2.45, 2.75) is 97.2 Å². The summed E-state index contributed by atoms with van der Waals surface area (Å²) in [5, 5.41) is 19.8. The lowest BCUT2D eigenvalue weighted by molar-refractivity contribution is -0.141. The molecule has 1 aliphatic heterocycles. The largest absolute Gasteiger partial charge is 0.495 e. The maximum Gasteiger partial charge on any atom is 0.326 e. The average molecular weight is 732 g/mol. The number of methoxy groups -OCH3 is 1. The number of carboxylic acids is 1. The highest BCUT2D eigenvalue weighted by atomic mass is 16.5. The van der Waals surface area contributed by atoms with Crippen LogP contribution in [0.5, 0.6) is 5.75 Å². The molecule has 0 saturated carbocycles. The Kier molecular flexibility index (Phi) is 17.0. The zero-order valence-electron chi connectivity index (χ0n) is 30.8. The van der Waals surface area contributed by atoms with Crippen LogP contribution in [0.3, 0.4) is 0 Å². The molecule has 0 aliphatic carbocycles. The predicted molar refractivity (Wildman–Crippen MR) is 190 cm³/mol. The number of likely N-dealkylation sites (tertiary alicyclic amines) is 1. The van der Waals surface area contributed by atoms with Gasteiger partial charge in [-0.1, -0.05) is 27.2 Å². The number of imide groups is 1. The van der Waals surface area contributed by atoms with E-state index in [4.69, 9.17) is 10.5 Å². The summed E-state index contributed by atoms with van der Waals surface area (Å²) in [4.78, 5) is 102.